The first kappa shape index (κ1) is 21.3. The standard InChI is InChI=1S/C15H33ClN.HI/c1-4-5-6-7-8-9-10-11-12-13-14-17(2,3)15-16;/h4-15H2,1-3H3;1H/q+1;/p-1. The molecule has 0 unspecified atom stereocenters. The van der Waals surface area contributed by atoms with Crippen molar-refractivity contribution < 1.29 is 28.5 Å². The predicted molar refractivity (Wildman–Crippen MR) is 79.5 cm³/mol. The van der Waals surface area contributed by atoms with Gasteiger partial charge in [0.2, 0.25) is 0 Å². The van der Waals surface area contributed by atoms with E-state index in [2.05, 4.69) is 21.0 Å². The predicted octanol–water partition coefficient (Wildman–Crippen LogP) is 2.18. The fourth-order valence-electron chi connectivity index (χ4n) is 2.09. The molecule has 0 bridgehead atoms. The van der Waals surface area contributed by atoms with Crippen molar-refractivity contribution in [3.05, 3.63) is 0 Å². The topological polar surface area (TPSA) is 0 Å². The van der Waals surface area contributed by atoms with E-state index in [-0.39, 0.29) is 24.0 Å². The number of hydrogen-bond acceptors (Lipinski definition) is 0. The van der Waals surface area contributed by atoms with Crippen molar-refractivity contribution >= 4 is 11.6 Å². The summed E-state index contributed by atoms with van der Waals surface area (Å²) in [5, 5.41) is 0. The molecule has 0 N–H and O–H groups in total. The third-order valence-corrected chi connectivity index (χ3v) is 4.09. The summed E-state index contributed by atoms with van der Waals surface area (Å²) in [4.78, 5) is 0. The van der Waals surface area contributed by atoms with E-state index in [1.807, 2.05) is 0 Å². The van der Waals surface area contributed by atoms with Crippen LogP contribution in [0.4, 0.5) is 0 Å². The second-order valence-electron chi connectivity index (χ2n) is 5.96. The lowest BCUT2D eigenvalue weighted by atomic mass is 10.1. The van der Waals surface area contributed by atoms with Crippen molar-refractivity contribution in [2.45, 2.75) is 71.1 Å². The van der Waals surface area contributed by atoms with Gasteiger partial charge in [-0.25, -0.2) is 0 Å². The van der Waals surface area contributed by atoms with Gasteiger partial charge in [0.1, 0.15) is 0 Å². The lowest BCUT2D eigenvalue weighted by Crippen LogP contribution is -3.00. The van der Waals surface area contributed by atoms with E-state index in [1.54, 1.807) is 0 Å². The van der Waals surface area contributed by atoms with E-state index in [0.717, 1.165) is 10.5 Å². The largest absolute Gasteiger partial charge is 1.00 e. The maximum atomic E-state index is 5.89. The van der Waals surface area contributed by atoms with Gasteiger partial charge in [-0.3, -0.25) is 0 Å². The van der Waals surface area contributed by atoms with Gasteiger partial charge in [-0.2, -0.15) is 0 Å². The highest BCUT2D eigenvalue weighted by Crippen LogP contribution is 2.11. The summed E-state index contributed by atoms with van der Waals surface area (Å²) in [6, 6.07) is 0.734. The number of unbranched alkanes of at least 4 members (excludes halogenated alkanes) is 9. The highest BCUT2D eigenvalue weighted by atomic mass is 127. The van der Waals surface area contributed by atoms with Gasteiger partial charge in [-0.15, -0.1) is 0 Å². The molecule has 0 saturated carbocycles. The fourth-order valence-corrected chi connectivity index (χ4v) is 2.21. The van der Waals surface area contributed by atoms with Gasteiger partial charge in [0.05, 0.1) is 20.6 Å². The van der Waals surface area contributed by atoms with E-state index in [4.69, 9.17) is 11.6 Å². The molecule has 0 aliphatic heterocycles. The van der Waals surface area contributed by atoms with Crippen molar-refractivity contribution in [1.82, 2.24) is 0 Å². The lowest BCUT2D eigenvalue weighted by Gasteiger charge is -2.26. The Morgan fingerprint density at radius 1 is 0.722 bits per heavy atom. The smallest absolute Gasteiger partial charge is 0.154 e. The van der Waals surface area contributed by atoms with Crippen LogP contribution in [0.25, 0.3) is 0 Å². The third-order valence-electron chi connectivity index (χ3n) is 3.44. The Kier molecular flexibility index (Phi) is 17.0. The Morgan fingerprint density at radius 2 is 1.11 bits per heavy atom. The van der Waals surface area contributed by atoms with Crippen LogP contribution in [0.1, 0.15) is 71.1 Å². The normalized spacial score (nSPS) is 11.3. The molecule has 0 heterocycles. The molecule has 0 amide bonds. The maximum absolute atomic E-state index is 5.89. The Balaban J connectivity index is 0. The number of alkyl halides is 1. The first-order chi connectivity index (χ1) is 8.12. The fraction of sp³-hybridized carbons (Fsp3) is 1.00. The second-order valence-corrected chi connectivity index (χ2v) is 6.20. The van der Waals surface area contributed by atoms with Gasteiger partial charge in [0.15, 0.2) is 6.00 Å². The van der Waals surface area contributed by atoms with Gasteiger partial charge >= 0.3 is 0 Å². The summed E-state index contributed by atoms with van der Waals surface area (Å²) in [5.41, 5.74) is 0. The van der Waals surface area contributed by atoms with E-state index in [9.17, 15) is 0 Å². The molecule has 3 heteroatoms. The van der Waals surface area contributed by atoms with Crippen LogP contribution in [0, 0.1) is 0 Å². The molecule has 0 fully saturated rings. The van der Waals surface area contributed by atoms with Crippen LogP contribution in [0.3, 0.4) is 0 Å². The summed E-state index contributed by atoms with van der Waals surface area (Å²) >= 11 is 5.89. The summed E-state index contributed by atoms with van der Waals surface area (Å²) in [7, 11) is 4.42. The van der Waals surface area contributed by atoms with Gasteiger partial charge in [-0.05, 0) is 12.8 Å². The minimum absolute atomic E-state index is 0. The molecule has 0 spiro atoms. The summed E-state index contributed by atoms with van der Waals surface area (Å²) in [6.07, 6.45) is 14.1. The number of rotatable bonds is 12. The van der Waals surface area contributed by atoms with E-state index in [1.165, 1.54) is 70.8 Å². The number of quaternary nitrogens is 1. The van der Waals surface area contributed by atoms with Crippen molar-refractivity contribution in [1.29, 1.82) is 0 Å². The summed E-state index contributed by atoms with van der Waals surface area (Å²) in [5.74, 6) is 0. The Labute approximate surface area is 137 Å². The van der Waals surface area contributed by atoms with E-state index < -0.39 is 0 Å². The van der Waals surface area contributed by atoms with Crippen LogP contribution in [0.5, 0.6) is 0 Å². The molecule has 0 aromatic carbocycles. The minimum atomic E-state index is 0. The molecular formula is C15H33ClIN. The van der Waals surface area contributed by atoms with Crippen molar-refractivity contribution in [3.63, 3.8) is 0 Å². The van der Waals surface area contributed by atoms with Crippen LogP contribution in [0.15, 0.2) is 0 Å². The van der Waals surface area contributed by atoms with E-state index >= 15 is 0 Å². The van der Waals surface area contributed by atoms with E-state index in [0.29, 0.717) is 0 Å². The van der Waals surface area contributed by atoms with Crippen molar-refractivity contribution in [2.24, 2.45) is 0 Å². The molecule has 112 valence electrons. The summed E-state index contributed by atoms with van der Waals surface area (Å²) < 4.78 is 0.957. The monoisotopic (exact) mass is 389 g/mol. The molecule has 0 aromatic rings. The molecule has 0 aliphatic carbocycles. The molecule has 1 nitrogen and oxygen atoms in total. The van der Waals surface area contributed by atoms with Crippen LogP contribution in [-0.4, -0.2) is 31.1 Å². The van der Waals surface area contributed by atoms with Crippen LogP contribution in [0.2, 0.25) is 0 Å². The van der Waals surface area contributed by atoms with Crippen molar-refractivity contribution in [2.75, 3.05) is 26.6 Å². The van der Waals surface area contributed by atoms with Gasteiger partial charge in [-0.1, -0.05) is 69.9 Å². The second kappa shape index (κ2) is 14.4. The molecule has 18 heavy (non-hydrogen) atoms. The highest BCUT2D eigenvalue weighted by molar-refractivity contribution is 6.16. The Hall–Kier alpha value is 0.980. The first-order valence-electron chi connectivity index (χ1n) is 7.50. The Bertz CT molecular complexity index is 163. The van der Waals surface area contributed by atoms with Crippen molar-refractivity contribution in [3.8, 4) is 0 Å². The lowest BCUT2D eigenvalue weighted by molar-refractivity contribution is -0.879. The SMILES string of the molecule is CCCCCCCCCCCC[N+](C)(C)CCl.[I-]. The average molecular weight is 390 g/mol. The number of halogens is 2. The highest BCUT2D eigenvalue weighted by Gasteiger charge is 2.11. The zero-order valence-electron chi connectivity index (χ0n) is 12.7. The molecular weight excluding hydrogens is 357 g/mol. The van der Waals surface area contributed by atoms with Gasteiger partial charge in [0, 0.05) is 0 Å². The molecule has 0 atom stereocenters. The van der Waals surface area contributed by atoms with Gasteiger partial charge in [0.25, 0.3) is 0 Å². The molecule has 0 rings (SSSR count). The Morgan fingerprint density at radius 3 is 1.50 bits per heavy atom. The summed E-state index contributed by atoms with van der Waals surface area (Å²) in [6.45, 7) is 3.50. The molecule has 0 radical (unpaired) electrons. The average Bonchev–Trinajstić information content (AvgIpc) is 2.31. The van der Waals surface area contributed by atoms with Gasteiger partial charge < -0.3 is 28.5 Å². The van der Waals surface area contributed by atoms with Crippen LogP contribution < -0.4 is 24.0 Å². The quantitative estimate of drug-likeness (QED) is 0.158. The van der Waals surface area contributed by atoms with Crippen LogP contribution >= 0.6 is 11.6 Å². The third kappa shape index (κ3) is 15.0. The number of nitrogens with zero attached hydrogens (tertiary/aromatic N) is 1. The zero-order chi connectivity index (χ0) is 13.0. The molecule has 0 aliphatic rings. The zero-order valence-corrected chi connectivity index (χ0v) is 15.6. The minimum Gasteiger partial charge on any atom is -1.00 e. The first-order valence-corrected chi connectivity index (χ1v) is 8.04. The van der Waals surface area contributed by atoms with Crippen LogP contribution in [-0.2, 0) is 0 Å². The maximum Gasteiger partial charge on any atom is 0.154 e. The molecule has 0 aromatic heterocycles. The molecule has 0 saturated heterocycles. The number of hydrogen-bond donors (Lipinski definition) is 0.